The second kappa shape index (κ2) is 7.41. The van der Waals surface area contributed by atoms with Crippen LogP contribution in [0.1, 0.15) is 52.4 Å². The van der Waals surface area contributed by atoms with Crippen molar-refractivity contribution in [2.45, 2.75) is 46.2 Å². The highest BCUT2D eigenvalue weighted by Crippen LogP contribution is 2.25. The van der Waals surface area contributed by atoms with E-state index < -0.39 is 5.91 Å². The summed E-state index contributed by atoms with van der Waals surface area (Å²) in [4.78, 5) is 22.3. The van der Waals surface area contributed by atoms with Gasteiger partial charge in [0.1, 0.15) is 5.82 Å². The minimum atomic E-state index is -0.587. The zero-order valence-corrected chi connectivity index (χ0v) is 15.9. The Bertz CT molecular complexity index is 820. The minimum Gasteiger partial charge on any atom is -0.363 e. The fourth-order valence-electron chi connectivity index (χ4n) is 3.64. The van der Waals surface area contributed by atoms with Gasteiger partial charge in [0.25, 0.3) is 5.91 Å². The molecule has 1 aliphatic heterocycles. The second-order valence-corrected chi connectivity index (χ2v) is 7.12. The van der Waals surface area contributed by atoms with Crippen LogP contribution in [0.4, 0.5) is 5.82 Å². The molecular formula is C20H27N5O. The monoisotopic (exact) mass is 353 g/mol. The van der Waals surface area contributed by atoms with Gasteiger partial charge in [-0.05, 0) is 45.2 Å². The van der Waals surface area contributed by atoms with E-state index in [0.29, 0.717) is 6.04 Å². The van der Waals surface area contributed by atoms with E-state index in [-0.39, 0.29) is 11.9 Å². The van der Waals surface area contributed by atoms with Gasteiger partial charge in [0.05, 0.1) is 0 Å². The molecule has 0 radical (unpaired) electrons. The number of primary amides is 1. The van der Waals surface area contributed by atoms with Gasteiger partial charge < -0.3 is 16.0 Å². The second-order valence-electron chi connectivity index (χ2n) is 7.12. The van der Waals surface area contributed by atoms with Gasteiger partial charge in [-0.25, -0.2) is 9.97 Å². The average Bonchev–Trinajstić information content (AvgIpc) is 3.05. The Morgan fingerprint density at radius 3 is 2.69 bits per heavy atom. The third kappa shape index (κ3) is 3.70. The molecule has 3 N–H and O–H groups in total. The summed E-state index contributed by atoms with van der Waals surface area (Å²) in [5.41, 5.74) is 9.81. The van der Waals surface area contributed by atoms with Gasteiger partial charge in [-0.15, -0.1) is 0 Å². The molecule has 0 saturated carbocycles. The van der Waals surface area contributed by atoms with E-state index >= 15 is 0 Å². The summed E-state index contributed by atoms with van der Waals surface area (Å²) >= 11 is 0. The van der Waals surface area contributed by atoms with Crippen molar-refractivity contribution in [3.05, 3.63) is 52.5 Å². The van der Waals surface area contributed by atoms with Crippen molar-refractivity contribution >= 4 is 11.7 Å². The molecule has 0 aliphatic carbocycles. The maximum Gasteiger partial charge on any atom is 0.286 e. The van der Waals surface area contributed by atoms with Crippen molar-refractivity contribution in [3.8, 4) is 0 Å². The van der Waals surface area contributed by atoms with E-state index in [0.717, 1.165) is 36.6 Å². The van der Waals surface area contributed by atoms with Crippen LogP contribution < -0.4 is 16.0 Å². The lowest BCUT2D eigenvalue weighted by atomic mass is 10.0. The Morgan fingerprint density at radius 1 is 1.27 bits per heavy atom. The van der Waals surface area contributed by atoms with Crippen LogP contribution in [0.15, 0.2) is 24.3 Å². The minimum absolute atomic E-state index is 0.0905. The number of nitrogens with one attached hydrogen (secondary N) is 1. The molecule has 2 atom stereocenters. The smallest absolute Gasteiger partial charge is 0.286 e. The van der Waals surface area contributed by atoms with Crippen LogP contribution >= 0.6 is 0 Å². The molecule has 6 heteroatoms. The number of hydrogen-bond acceptors (Lipinski definition) is 5. The zero-order valence-electron chi connectivity index (χ0n) is 15.9. The van der Waals surface area contributed by atoms with Gasteiger partial charge in [-0.1, -0.05) is 24.3 Å². The lowest BCUT2D eigenvalue weighted by molar-refractivity contribution is 0.0990. The van der Waals surface area contributed by atoms with E-state index in [2.05, 4.69) is 58.3 Å². The standard InChI is InChI=1S/C20H27N5O/c1-12-7-5-6-8-17(12)15(4)22-16-9-10-25(11-16)20-13(2)14(3)23-19(24-20)18(21)26/h5-8,15-16,22H,9-11H2,1-4H3,(H2,21,26)/t15?,16-/m1/s1. The summed E-state index contributed by atoms with van der Waals surface area (Å²) in [7, 11) is 0. The molecule has 1 unspecified atom stereocenters. The summed E-state index contributed by atoms with van der Waals surface area (Å²) < 4.78 is 0. The maximum atomic E-state index is 11.5. The van der Waals surface area contributed by atoms with E-state index in [1.54, 1.807) is 0 Å². The van der Waals surface area contributed by atoms with Crippen molar-refractivity contribution in [2.24, 2.45) is 5.73 Å². The maximum absolute atomic E-state index is 11.5. The van der Waals surface area contributed by atoms with Gasteiger partial charge >= 0.3 is 0 Å². The normalized spacial score (nSPS) is 18.2. The van der Waals surface area contributed by atoms with Crippen LogP contribution in [0.3, 0.4) is 0 Å². The molecule has 2 aromatic rings. The number of anilines is 1. The molecule has 0 bridgehead atoms. The van der Waals surface area contributed by atoms with Gasteiger partial charge in [0, 0.05) is 36.4 Å². The first-order chi connectivity index (χ1) is 12.4. The number of rotatable bonds is 5. The molecule has 1 fully saturated rings. The predicted octanol–water partition coefficient (Wildman–Crippen LogP) is 2.43. The molecular weight excluding hydrogens is 326 g/mol. The number of nitrogens with zero attached hydrogens (tertiary/aromatic N) is 3. The summed E-state index contributed by atoms with van der Waals surface area (Å²) in [6, 6.07) is 9.13. The first kappa shape index (κ1) is 18.3. The Hall–Kier alpha value is -2.47. The fourth-order valence-corrected chi connectivity index (χ4v) is 3.64. The number of aryl methyl sites for hydroxylation is 2. The SMILES string of the molecule is Cc1ccccc1C(C)N[C@@H]1CCN(c2nc(C(N)=O)nc(C)c2C)C1. The number of aromatic nitrogens is 2. The Kier molecular flexibility index (Phi) is 5.23. The molecule has 0 spiro atoms. The van der Waals surface area contributed by atoms with Crippen molar-refractivity contribution in [2.75, 3.05) is 18.0 Å². The fraction of sp³-hybridized carbons (Fsp3) is 0.450. The molecule has 6 nitrogen and oxygen atoms in total. The molecule has 1 aromatic heterocycles. The van der Waals surface area contributed by atoms with Crippen LogP contribution in [0.2, 0.25) is 0 Å². The van der Waals surface area contributed by atoms with Gasteiger partial charge in [0.15, 0.2) is 0 Å². The molecule has 1 aliphatic rings. The molecule has 2 heterocycles. The van der Waals surface area contributed by atoms with E-state index in [9.17, 15) is 4.79 Å². The molecule has 1 aromatic carbocycles. The molecule has 3 rings (SSSR count). The first-order valence-corrected chi connectivity index (χ1v) is 9.08. The topological polar surface area (TPSA) is 84.1 Å². The van der Waals surface area contributed by atoms with Crippen LogP contribution in [0.5, 0.6) is 0 Å². The van der Waals surface area contributed by atoms with E-state index in [1.807, 2.05) is 13.8 Å². The average molecular weight is 353 g/mol. The molecule has 1 saturated heterocycles. The van der Waals surface area contributed by atoms with Crippen molar-refractivity contribution < 1.29 is 4.79 Å². The number of carbonyl (C=O) groups is 1. The van der Waals surface area contributed by atoms with Crippen LogP contribution in [0, 0.1) is 20.8 Å². The molecule has 1 amide bonds. The first-order valence-electron chi connectivity index (χ1n) is 9.08. The summed E-state index contributed by atoms with van der Waals surface area (Å²) in [6.45, 7) is 9.98. The summed E-state index contributed by atoms with van der Waals surface area (Å²) in [5, 5.41) is 3.73. The highest BCUT2D eigenvalue weighted by Gasteiger charge is 2.27. The quantitative estimate of drug-likeness (QED) is 0.862. The summed E-state index contributed by atoms with van der Waals surface area (Å²) in [6.07, 6.45) is 1.03. The number of amides is 1. The number of benzene rings is 1. The van der Waals surface area contributed by atoms with E-state index in [4.69, 9.17) is 5.73 Å². The number of carbonyl (C=O) groups excluding carboxylic acids is 1. The summed E-state index contributed by atoms with van der Waals surface area (Å²) in [5.74, 6) is 0.323. The van der Waals surface area contributed by atoms with Crippen molar-refractivity contribution in [3.63, 3.8) is 0 Å². The highest BCUT2D eigenvalue weighted by atomic mass is 16.1. The third-order valence-corrected chi connectivity index (χ3v) is 5.21. The van der Waals surface area contributed by atoms with E-state index in [1.165, 1.54) is 11.1 Å². The largest absolute Gasteiger partial charge is 0.363 e. The third-order valence-electron chi connectivity index (χ3n) is 5.21. The Labute approximate surface area is 154 Å². The Balaban J connectivity index is 1.73. The van der Waals surface area contributed by atoms with Crippen LogP contribution in [-0.4, -0.2) is 35.0 Å². The van der Waals surface area contributed by atoms with Crippen molar-refractivity contribution in [1.82, 2.24) is 15.3 Å². The van der Waals surface area contributed by atoms with Gasteiger partial charge in [-0.2, -0.15) is 0 Å². The highest BCUT2D eigenvalue weighted by molar-refractivity contribution is 5.89. The lowest BCUT2D eigenvalue weighted by Gasteiger charge is -2.23. The molecule has 138 valence electrons. The predicted molar refractivity (Wildman–Crippen MR) is 103 cm³/mol. The van der Waals surface area contributed by atoms with Crippen LogP contribution in [0.25, 0.3) is 0 Å². The number of hydrogen-bond donors (Lipinski definition) is 2. The number of nitrogens with two attached hydrogens (primary N) is 1. The zero-order chi connectivity index (χ0) is 18.8. The Morgan fingerprint density at radius 2 is 2.00 bits per heavy atom. The lowest BCUT2D eigenvalue weighted by Crippen LogP contribution is -2.35. The van der Waals surface area contributed by atoms with Gasteiger partial charge in [0.2, 0.25) is 5.82 Å². The molecule has 26 heavy (non-hydrogen) atoms. The van der Waals surface area contributed by atoms with Crippen molar-refractivity contribution in [1.29, 1.82) is 0 Å². The van der Waals surface area contributed by atoms with Gasteiger partial charge in [-0.3, -0.25) is 4.79 Å². The van der Waals surface area contributed by atoms with Crippen LogP contribution in [-0.2, 0) is 0 Å².